The van der Waals surface area contributed by atoms with Gasteiger partial charge >= 0.3 is 0 Å². The normalized spacial score (nSPS) is 21.2. The first-order chi connectivity index (χ1) is 11.8. The van der Waals surface area contributed by atoms with Gasteiger partial charge in [-0.2, -0.15) is 0 Å². The van der Waals surface area contributed by atoms with Crippen LogP contribution in [-0.4, -0.2) is 0 Å². The first-order valence-electron chi connectivity index (χ1n) is 8.87. The molecule has 0 amide bonds. The Labute approximate surface area is 143 Å². The summed E-state index contributed by atoms with van der Waals surface area (Å²) in [5.41, 5.74) is 3.58. The van der Waals surface area contributed by atoms with Crippen LogP contribution in [0, 0.1) is 11.7 Å². The maximum atomic E-state index is 13.0. The molecule has 3 rings (SSSR count). The Bertz CT molecular complexity index is 647. The van der Waals surface area contributed by atoms with Crippen molar-refractivity contribution in [3.63, 3.8) is 0 Å². The third-order valence-electron chi connectivity index (χ3n) is 5.24. The molecular weight excluding hydrogens is 302 g/mol. The molecule has 1 fully saturated rings. The zero-order valence-corrected chi connectivity index (χ0v) is 13.9. The van der Waals surface area contributed by atoms with E-state index in [2.05, 4.69) is 24.3 Å². The van der Waals surface area contributed by atoms with Gasteiger partial charge in [-0.05, 0) is 79.2 Å². The molecule has 24 heavy (non-hydrogen) atoms. The molecule has 1 aliphatic rings. The summed E-state index contributed by atoms with van der Waals surface area (Å²) >= 11 is 0. The molecule has 0 radical (unpaired) electrons. The van der Waals surface area contributed by atoms with Gasteiger partial charge in [-0.1, -0.05) is 42.5 Å². The number of halogens is 2. The molecule has 0 heterocycles. The van der Waals surface area contributed by atoms with E-state index in [9.17, 15) is 8.78 Å². The number of benzene rings is 2. The predicted molar refractivity (Wildman–Crippen MR) is 96.0 cm³/mol. The van der Waals surface area contributed by atoms with E-state index < -0.39 is 0 Å². The van der Waals surface area contributed by atoms with Crippen LogP contribution in [0.2, 0.25) is 0 Å². The number of allylic oxidation sites excluding steroid dienone is 1. The van der Waals surface area contributed by atoms with Gasteiger partial charge in [0, 0.05) is 0 Å². The van der Waals surface area contributed by atoms with Crippen LogP contribution in [0.1, 0.15) is 50.0 Å². The van der Waals surface area contributed by atoms with E-state index >= 15 is 0 Å². The minimum atomic E-state index is -0.200. The summed E-state index contributed by atoms with van der Waals surface area (Å²) in [6.45, 7) is 0. The average molecular weight is 326 g/mol. The van der Waals surface area contributed by atoms with Gasteiger partial charge in [0.25, 0.3) is 0 Å². The van der Waals surface area contributed by atoms with E-state index in [1.807, 2.05) is 12.1 Å². The lowest BCUT2D eigenvalue weighted by molar-refractivity contribution is 0.311. The second-order valence-corrected chi connectivity index (χ2v) is 6.79. The van der Waals surface area contributed by atoms with Crippen LogP contribution in [0.15, 0.2) is 60.9 Å². The highest BCUT2D eigenvalue weighted by molar-refractivity contribution is 5.63. The summed E-state index contributed by atoms with van der Waals surface area (Å²) in [6, 6.07) is 15.4. The fourth-order valence-corrected chi connectivity index (χ4v) is 3.77. The van der Waals surface area contributed by atoms with E-state index in [1.165, 1.54) is 43.4 Å². The minimum Gasteiger partial charge on any atom is -0.216 e. The van der Waals surface area contributed by atoms with Crippen molar-refractivity contribution in [2.45, 2.75) is 44.4 Å². The maximum absolute atomic E-state index is 13.0. The van der Waals surface area contributed by atoms with Gasteiger partial charge in [-0.25, -0.2) is 8.78 Å². The lowest BCUT2D eigenvalue weighted by atomic mass is 9.77. The van der Waals surface area contributed by atoms with E-state index in [0.717, 1.165) is 29.9 Å². The van der Waals surface area contributed by atoms with Crippen LogP contribution in [0.5, 0.6) is 0 Å². The zero-order chi connectivity index (χ0) is 16.8. The molecule has 0 unspecified atom stereocenters. The molecule has 0 bridgehead atoms. The summed E-state index contributed by atoms with van der Waals surface area (Å²) in [4.78, 5) is 0. The second kappa shape index (κ2) is 8.23. The highest BCUT2D eigenvalue weighted by Crippen LogP contribution is 2.38. The quantitative estimate of drug-likeness (QED) is 0.553. The van der Waals surface area contributed by atoms with Crippen molar-refractivity contribution in [1.29, 1.82) is 0 Å². The predicted octanol–water partition coefficient (Wildman–Crippen LogP) is 7.03. The summed E-state index contributed by atoms with van der Waals surface area (Å²) < 4.78 is 25.0. The Morgan fingerprint density at radius 2 is 1.42 bits per heavy atom. The molecule has 0 aromatic heterocycles. The molecule has 1 aliphatic carbocycles. The molecule has 0 saturated heterocycles. The molecular formula is C22H24F2. The zero-order valence-electron chi connectivity index (χ0n) is 13.9. The van der Waals surface area contributed by atoms with Gasteiger partial charge < -0.3 is 0 Å². The third kappa shape index (κ3) is 4.31. The van der Waals surface area contributed by atoms with Crippen molar-refractivity contribution < 1.29 is 8.78 Å². The number of rotatable bonds is 5. The average Bonchev–Trinajstić information content (AvgIpc) is 2.63. The van der Waals surface area contributed by atoms with Crippen LogP contribution in [-0.2, 0) is 0 Å². The smallest absolute Gasteiger partial charge is 0.123 e. The Hall–Kier alpha value is -1.96. The van der Waals surface area contributed by atoms with Crippen molar-refractivity contribution in [2.24, 2.45) is 5.92 Å². The Morgan fingerprint density at radius 1 is 0.833 bits per heavy atom. The lowest BCUT2D eigenvalue weighted by Gasteiger charge is -2.28. The molecule has 0 N–H and O–H groups in total. The van der Waals surface area contributed by atoms with Crippen molar-refractivity contribution in [1.82, 2.24) is 0 Å². The fraction of sp³-hybridized carbons (Fsp3) is 0.364. The third-order valence-corrected chi connectivity index (χ3v) is 5.24. The number of hydrogen-bond donors (Lipinski definition) is 0. The SMILES string of the molecule is FC=CCC[C@H]1CC[C@H](c2ccc(-c3ccc(F)cc3)cc2)CC1. The van der Waals surface area contributed by atoms with Crippen LogP contribution in [0.25, 0.3) is 11.1 Å². The van der Waals surface area contributed by atoms with Gasteiger partial charge in [0.2, 0.25) is 0 Å². The monoisotopic (exact) mass is 326 g/mol. The Balaban J connectivity index is 1.57. The molecule has 0 nitrogen and oxygen atoms in total. The summed E-state index contributed by atoms with van der Waals surface area (Å²) in [7, 11) is 0. The second-order valence-electron chi connectivity index (χ2n) is 6.79. The topological polar surface area (TPSA) is 0 Å². The molecule has 0 aliphatic heterocycles. The van der Waals surface area contributed by atoms with Gasteiger partial charge in [-0.3, -0.25) is 0 Å². The van der Waals surface area contributed by atoms with E-state index in [0.29, 0.717) is 12.2 Å². The summed E-state index contributed by atoms with van der Waals surface area (Å²) in [5, 5.41) is 0. The highest BCUT2D eigenvalue weighted by Gasteiger charge is 2.21. The minimum absolute atomic E-state index is 0.200. The molecule has 2 aromatic rings. The summed E-state index contributed by atoms with van der Waals surface area (Å²) in [6.07, 6.45) is 9.18. The lowest BCUT2D eigenvalue weighted by Crippen LogP contribution is -2.13. The van der Waals surface area contributed by atoms with Crippen LogP contribution < -0.4 is 0 Å². The highest BCUT2D eigenvalue weighted by atomic mass is 19.1. The first-order valence-corrected chi connectivity index (χ1v) is 8.87. The van der Waals surface area contributed by atoms with Crippen molar-refractivity contribution >= 4 is 0 Å². The van der Waals surface area contributed by atoms with E-state index in [-0.39, 0.29) is 5.82 Å². The summed E-state index contributed by atoms with van der Waals surface area (Å²) in [5.74, 6) is 1.19. The van der Waals surface area contributed by atoms with Crippen molar-refractivity contribution in [3.05, 3.63) is 72.3 Å². The molecule has 2 heteroatoms. The first kappa shape index (κ1) is 16.9. The van der Waals surface area contributed by atoms with Gasteiger partial charge in [0.05, 0.1) is 6.33 Å². The largest absolute Gasteiger partial charge is 0.216 e. The molecule has 2 aromatic carbocycles. The number of hydrogen-bond acceptors (Lipinski definition) is 0. The van der Waals surface area contributed by atoms with Gasteiger partial charge in [0.1, 0.15) is 5.82 Å². The van der Waals surface area contributed by atoms with Crippen molar-refractivity contribution in [3.8, 4) is 11.1 Å². The standard InChI is InChI=1S/C22H24F2/c23-16-2-1-3-17-4-6-18(7-5-17)19-8-10-20(11-9-19)21-12-14-22(24)15-13-21/h2,8-18H,1,3-7H2/t17-,18-. The Kier molecular flexibility index (Phi) is 5.79. The van der Waals surface area contributed by atoms with Crippen LogP contribution >= 0.6 is 0 Å². The van der Waals surface area contributed by atoms with E-state index in [4.69, 9.17) is 0 Å². The molecule has 126 valence electrons. The van der Waals surface area contributed by atoms with Crippen LogP contribution in [0.3, 0.4) is 0 Å². The molecule has 0 atom stereocenters. The van der Waals surface area contributed by atoms with Gasteiger partial charge in [0.15, 0.2) is 0 Å². The van der Waals surface area contributed by atoms with Crippen molar-refractivity contribution in [2.75, 3.05) is 0 Å². The van der Waals surface area contributed by atoms with E-state index in [1.54, 1.807) is 6.08 Å². The molecule has 0 spiro atoms. The van der Waals surface area contributed by atoms with Gasteiger partial charge in [-0.15, -0.1) is 0 Å². The fourth-order valence-electron chi connectivity index (χ4n) is 3.77. The molecule has 1 saturated carbocycles. The maximum Gasteiger partial charge on any atom is 0.123 e. The van der Waals surface area contributed by atoms with Crippen LogP contribution in [0.4, 0.5) is 8.78 Å². The Morgan fingerprint density at radius 3 is 2.00 bits per heavy atom.